The van der Waals surface area contributed by atoms with Gasteiger partial charge in [0, 0.05) is 18.5 Å². The second-order valence-electron chi connectivity index (χ2n) is 6.20. The van der Waals surface area contributed by atoms with Crippen molar-refractivity contribution in [3.63, 3.8) is 0 Å². The Kier molecular flexibility index (Phi) is 9.47. The smallest absolute Gasteiger partial charge is 0.251 e. The van der Waals surface area contributed by atoms with Gasteiger partial charge in [0.1, 0.15) is 5.75 Å². The lowest BCUT2D eigenvalue weighted by atomic mass is 10.2. The molecule has 0 aliphatic heterocycles. The number of amides is 2. The van der Waals surface area contributed by atoms with Crippen LogP contribution >= 0.6 is 23.2 Å². The van der Waals surface area contributed by atoms with Gasteiger partial charge < -0.3 is 10.1 Å². The number of rotatable bonds is 10. The van der Waals surface area contributed by atoms with Crippen LogP contribution in [0.5, 0.6) is 5.75 Å². The molecule has 6 nitrogen and oxygen atoms in total. The first-order valence-electron chi connectivity index (χ1n) is 9.27. The number of halogens is 2. The Labute approximate surface area is 180 Å². The topological polar surface area (TPSA) is 79.8 Å². The minimum Gasteiger partial charge on any atom is -0.494 e. The summed E-state index contributed by atoms with van der Waals surface area (Å²) in [7, 11) is 0. The van der Waals surface area contributed by atoms with Gasteiger partial charge in [0.2, 0.25) is 5.91 Å². The first kappa shape index (κ1) is 22.7. The average Bonchev–Trinajstić information content (AvgIpc) is 2.71. The van der Waals surface area contributed by atoms with Crippen molar-refractivity contribution in [2.24, 2.45) is 5.10 Å². The van der Waals surface area contributed by atoms with Crippen LogP contribution in [0.15, 0.2) is 47.6 Å². The molecule has 0 spiro atoms. The number of benzene rings is 2. The van der Waals surface area contributed by atoms with Crippen molar-refractivity contribution in [1.29, 1.82) is 0 Å². The molecule has 0 heterocycles. The standard InChI is InChI=1S/C21H23Cl2N3O3/c1-2-3-12-29-17-7-4-15(5-8-17)14-25-26-20(27)10-11-24-21(28)16-6-9-18(22)19(23)13-16/h4-9,13-14H,2-3,10-12H2,1H3,(H,24,28)(H,26,27). The number of unbranched alkanes of at least 4 members (excludes halogenated alkanes) is 1. The molecule has 2 aromatic rings. The maximum absolute atomic E-state index is 12.0. The maximum atomic E-state index is 12.0. The maximum Gasteiger partial charge on any atom is 0.251 e. The van der Waals surface area contributed by atoms with Crippen LogP contribution in [-0.2, 0) is 4.79 Å². The summed E-state index contributed by atoms with van der Waals surface area (Å²) >= 11 is 11.7. The van der Waals surface area contributed by atoms with Gasteiger partial charge in [-0.25, -0.2) is 5.43 Å². The molecule has 0 unspecified atom stereocenters. The van der Waals surface area contributed by atoms with E-state index in [1.165, 1.54) is 6.07 Å². The van der Waals surface area contributed by atoms with E-state index in [2.05, 4.69) is 22.8 Å². The zero-order valence-electron chi connectivity index (χ0n) is 16.1. The summed E-state index contributed by atoms with van der Waals surface area (Å²) in [6.07, 6.45) is 3.74. The summed E-state index contributed by atoms with van der Waals surface area (Å²) in [5.41, 5.74) is 3.64. The summed E-state index contributed by atoms with van der Waals surface area (Å²) in [6, 6.07) is 12.0. The highest BCUT2D eigenvalue weighted by Crippen LogP contribution is 2.22. The largest absolute Gasteiger partial charge is 0.494 e. The molecule has 2 aromatic carbocycles. The van der Waals surface area contributed by atoms with Crippen molar-refractivity contribution in [2.75, 3.05) is 13.2 Å². The SMILES string of the molecule is CCCCOc1ccc(C=NNC(=O)CCNC(=O)c2ccc(Cl)c(Cl)c2)cc1. The van der Waals surface area contributed by atoms with E-state index in [0.717, 1.165) is 24.2 Å². The highest BCUT2D eigenvalue weighted by atomic mass is 35.5. The molecule has 0 fully saturated rings. The highest BCUT2D eigenvalue weighted by Gasteiger charge is 2.08. The van der Waals surface area contributed by atoms with Gasteiger partial charge in [-0.05, 0) is 54.4 Å². The zero-order chi connectivity index (χ0) is 21.1. The summed E-state index contributed by atoms with van der Waals surface area (Å²) in [6.45, 7) is 2.98. The van der Waals surface area contributed by atoms with Crippen LogP contribution in [0.25, 0.3) is 0 Å². The summed E-state index contributed by atoms with van der Waals surface area (Å²) in [4.78, 5) is 23.8. The Morgan fingerprint density at radius 3 is 2.55 bits per heavy atom. The molecule has 0 aliphatic rings. The molecule has 2 N–H and O–H groups in total. The van der Waals surface area contributed by atoms with Gasteiger partial charge in [0.05, 0.1) is 22.9 Å². The van der Waals surface area contributed by atoms with Gasteiger partial charge in [-0.2, -0.15) is 5.10 Å². The van der Waals surface area contributed by atoms with Crippen LogP contribution in [0.3, 0.4) is 0 Å². The van der Waals surface area contributed by atoms with Gasteiger partial charge >= 0.3 is 0 Å². The van der Waals surface area contributed by atoms with Crippen molar-refractivity contribution in [3.8, 4) is 5.75 Å². The van der Waals surface area contributed by atoms with Crippen LogP contribution < -0.4 is 15.5 Å². The number of hydrogen-bond donors (Lipinski definition) is 2. The third kappa shape index (κ3) is 8.13. The summed E-state index contributed by atoms with van der Waals surface area (Å²) in [5.74, 6) is 0.161. The molecule has 0 atom stereocenters. The quantitative estimate of drug-likeness (QED) is 0.328. The molecule has 0 bridgehead atoms. The highest BCUT2D eigenvalue weighted by molar-refractivity contribution is 6.42. The van der Waals surface area contributed by atoms with E-state index < -0.39 is 0 Å². The van der Waals surface area contributed by atoms with Gasteiger partial charge in [-0.3, -0.25) is 9.59 Å². The Balaban J connectivity index is 1.69. The van der Waals surface area contributed by atoms with Crippen LogP contribution in [0, 0.1) is 0 Å². The number of ether oxygens (including phenoxy) is 1. The molecule has 0 saturated carbocycles. The Morgan fingerprint density at radius 1 is 1.10 bits per heavy atom. The normalized spacial score (nSPS) is 10.7. The number of nitrogens with zero attached hydrogens (tertiary/aromatic N) is 1. The van der Waals surface area contributed by atoms with Crippen LogP contribution in [0.1, 0.15) is 42.1 Å². The monoisotopic (exact) mass is 435 g/mol. The van der Waals surface area contributed by atoms with Gasteiger partial charge in [0.25, 0.3) is 5.91 Å². The predicted octanol–water partition coefficient (Wildman–Crippen LogP) is 4.44. The van der Waals surface area contributed by atoms with E-state index in [-0.39, 0.29) is 24.8 Å². The number of carbonyl (C=O) groups excluding carboxylic acids is 2. The molecular weight excluding hydrogens is 413 g/mol. The zero-order valence-corrected chi connectivity index (χ0v) is 17.6. The van der Waals surface area contributed by atoms with Crippen LogP contribution in [-0.4, -0.2) is 31.2 Å². The molecule has 29 heavy (non-hydrogen) atoms. The fraction of sp³-hybridized carbons (Fsp3) is 0.286. The molecular formula is C21H23Cl2N3O3. The van der Waals surface area contributed by atoms with Gasteiger partial charge in [0.15, 0.2) is 0 Å². The average molecular weight is 436 g/mol. The molecule has 0 radical (unpaired) electrons. The molecule has 8 heteroatoms. The molecule has 0 aliphatic carbocycles. The Hall–Kier alpha value is -2.57. The van der Waals surface area contributed by atoms with E-state index in [9.17, 15) is 9.59 Å². The molecule has 0 aromatic heterocycles. The number of hydrogen-bond acceptors (Lipinski definition) is 4. The molecule has 0 saturated heterocycles. The van der Waals surface area contributed by atoms with Crippen molar-refractivity contribution < 1.29 is 14.3 Å². The van der Waals surface area contributed by atoms with Crippen molar-refractivity contribution in [2.45, 2.75) is 26.2 Å². The van der Waals surface area contributed by atoms with Crippen LogP contribution in [0.2, 0.25) is 10.0 Å². The molecule has 2 amide bonds. The minimum atomic E-state index is -0.332. The summed E-state index contributed by atoms with van der Waals surface area (Å²) < 4.78 is 5.59. The van der Waals surface area contributed by atoms with Crippen molar-refractivity contribution in [3.05, 3.63) is 63.6 Å². The van der Waals surface area contributed by atoms with E-state index in [1.807, 2.05) is 24.3 Å². The predicted molar refractivity (Wildman–Crippen MR) is 116 cm³/mol. The third-order valence-corrected chi connectivity index (χ3v) is 4.61. The number of carbonyl (C=O) groups is 2. The molecule has 2 rings (SSSR count). The summed E-state index contributed by atoms with van der Waals surface area (Å²) in [5, 5.41) is 7.23. The Morgan fingerprint density at radius 2 is 1.86 bits per heavy atom. The van der Waals surface area contributed by atoms with Gasteiger partial charge in [-0.1, -0.05) is 36.5 Å². The minimum absolute atomic E-state index is 0.0919. The number of nitrogens with one attached hydrogen (secondary N) is 2. The van der Waals surface area contributed by atoms with Crippen molar-refractivity contribution >= 4 is 41.2 Å². The van der Waals surface area contributed by atoms with E-state index in [0.29, 0.717) is 22.2 Å². The third-order valence-electron chi connectivity index (χ3n) is 3.87. The van der Waals surface area contributed by atoms with Crippen LogP contribution in [0.4, 0.5) is 0 Å². The first-order chi connectivity index (χ1) is 14.0. The first-order valence-corrected chi connectivity index (χ1v) is 10.0. The Bertz CT molecular complexity index is 855. The van der Waals surface area contributed by atoms with Gasteiger partial charge in [-0.15, -0.1) is 0 Å². The van der Waals surface area contributed by atoms with E-state index in [4.69, 9.17) is 27.9 Å². The lowest BCUT2D eigenvalue weighted by Crippen LogP contribution is -2.29. The molecule has 154 valence electrons. The second kappa shape index (κ2) is 12.1. The lowest BCUT2D eigenvalue weighted by Gasteiger charge is -2.06. The number of hydrazone groups is 1. The fourth-order valence-corrected chi connectivity index (χ4v) is 2.55. The van der Waals surface area contributed by atoms with E-state index in [1.54, 1.807) is 18.3 Å². The van der Waals surface area contributed by atoms with E-state index >= 15 is 0 Å². The lowest BCUT2D eigenvalue weighted by molar-refractivity contribution is -0.120. The fourth-order valence-electron chi connectivity index (χ4n) is 2.25. The second-order valence-corrected chi connectivity index (χ2v) is 7.01. The van der Waals surface area contributed by atoms with Crippen molar-refractivity contribution in [1.82, 2.24) is 10.7 Å².